The summed E-state index contributed by atoms with van der Waals surface area (Å²) in [6, 6.07) is 12.1. The molecule has 0 saturated heterocycles. The maximum Gasteiger partial charge on any atom is 0.293 e. The summed E-state index contributed by atoms with van der Waals surface area (Å²) >= 11 is 1.56. The predicted octanol–water partition coefficient (Wildman–Crippen LogP) is 3.73. The molecule has 2 aromatic carbocycles. The Hall–Kier alpha value is -2.27. The van der Waals surface area contributed by atoms with Gasteiger partial charge in [-0.2, -0.15) is 0 Å². The first kappa shape index (κ1) is 13.4. The van der Waals surface area contributed by atoms with E-state index in [2.05, 4.69) is 16.4 Å². The number of aliphatic imine (C=N–C) groups is 1. The maximum atomic E-state index is 12.4. The van der Waals surface area contributed by atoms with Crippen LogP contribution in [0.15, 0.2) is 45.8 Å². The molecule has 1 amide bonds. The van der Waals surface area contributed by atoms with E-state index < -0.39 is 0 Å². The van der Waals surface area contributed by atoms with Crippen LogP contribution < -0.4 is 5.32 Å². The molecule has 110 valence electrons. The lowest BCUT2D eigenvalue weighted by Gasteiger charge is -2.01. The fourth-order valence-electron chi connectivity index (χ4n) is 2.73. The molecule has 0 spiro atoms. The minimum atomic E-state index is -0.231. The molecule has 0 aliphatic carbocycles. The van der Waals surface area contributed by atoms with Crippen LogP contribution in [0.1, 0.15) is 16.1 Å². The van der Waals surface area contributed by atoms with Crippen molar-refractivity contribution in [1.29, 1.82) is 0 Å². The SMILES string of the molecule is Cc1c(C(=O)NC2=NCCS2)oc2c1ccc1ccccc12. The Balaban J connectivity index is 1.82. The summed E-state index contributed by atoms with van der Waals surface area (Å²) in [5, 5.41) is 6.60. The summed E-state index contributed by atoms with van der Waals surface area (Å²) < 4.78 is 5.91. The average Bonchev–Trinajstić information content (AvgIpc) is 3.15. The first-order valence-corrected chi connectivity index (χ1v) is 8.12. The number of hydrogen-bond acceptors (Lipinski definition) is 4. The standard InChI is InChI=1S/C17H14N2O2S/c1-10-12-7-6-11-4-2-3-5-13(11)15(12)21-14(10)16(20)19-17-18-8-9-22-17/h2-7H,8-9H2,1H3,(H,18,19,20). The van der Waals surface area contributed by atoms with E-state index in [4.69, 9.17) is 4.42 Å². The highest BCUT2D eigenvalue weighted by atomic mass is 32.2. The maximum absolute atomic E-state index is 12.4. The highest BCUT2D eigenvalue weighted by molar-refractivity contribution is 8.14. The number of carbonyl (C=O) groups is 1. The lowest BCUT2D eigenvalue weighted by molar-refractivity contribution is 0.0952. The van der Waals surface area contributed by atoms with Crippen molar-refractivity contribution in [3.63, 3.8) is 0 Å². The van der Waals surface area contributed by atoms with Gasteiger partial charge >= 0.3 is 0 Å². The Morgan fingerprint density at radius 1 is 1.23 bits per heavy atom. The first-order valence-electron chi connectivity index (χ1n) is 7.13. The fraction of sp³-hybridized carbons (Fsp3) is 0.176. The molecule has 4 rings (SSSR count). The number of thioether (sulfide) groups is 1. The molecule has 1 aliphatic heterocycles. The Morgan fingerprint density at radius 2 is 2.09 bits per heavy atom. The van der Waals surface area contributed by atoms with Crippen LogP contribution in [-0.4, -0.2) is 23.4 Å². The molecule has 4 nitrogen and oxygen atoms in total. The van der Waals surface area contributed by atoms with Crippen LogP contribution in [0.25, 0.3) is 21.7 Å². The second-order valence-electron chi connectivity index (χ2n) is 5.21. The van der Waals surface area contributed by atoms with Gasteiger partial charge in [0.15, 0.2) is 10.9 Å². The summed E-state index contributed by atoms with van der Waals surface area (Å²) in [5.74, 6) is 1.05. The normalized spacial score (nSPS) is 14.5. The van der Waals surface area contributed by atoms with Crippen molar-refractivity contribution in [3.8, 4) is 0 Å². The highest BCUT2D eigenvalue weighted by Gasteiger charge is 2.21. The van der Waals surface area contributed by atoms with Gasteiger partial charge in [0, 0.05) is 22.1 Å². The lowest BCUT2D eigenvalue weighted by atomic mass is 10.1. The molecular weight excluding hydrogens is 296 g/mol. The van der Waals surface area contributed by atoms with Crippen LogP contribution in [0.4, 0.5) is 0 Å². The number of nitrogens with zero attached hydrogens (tertiary/aromatic N) is 1. The molecule has 0 radical (unpaired) electrons. The topological polar surface area (TPSA) is 54.6 Å². The number of amidine groups is 1. The predicted molar refractivity (Wildman–Crippen MR) is 90.7 cm³/mol. The molecule has 2 heterocycles. The van der Waals surface area contributed by atoms with Crippen LogP contribution in [0.3, 0.4) is 0 Å². The number of hydrogen-bond donors (Lipinski definition) is 1. The Morgan fingerprint density at radius 3 is 2.91 bits per heavy atom. The fourth-order valence-corrected chi connectivity index (χ4v) is 3.45. The van der Waals surface area contributed by atoms with E-state index in [9.17, 15) is 4.79 Å². The molecular formula is C17H14N2O2S. The van der Waals surface area contributed by atoms with Gasteiger partial charge in [0.1, 0.15) is 5.58 Å². The van der Waals surface area contributed by atoms with Crippen LogP contribution in [0.5, 0.6) is 0 Å². The molecule has 22 heavy (non-hydrogen) atoms. The summed E-state index contributed by atoms with van der Waals surface area (Å²) in [6.07, 6.45) is 0. The largest absolute Gasteiger partial charge is 0.450 e. The lowest BCUT2D eigenvalue weighted by Crippen LogP contribution is -2.27. The van der Waals surface area contributed by atoms with Crippen LogP contribution in [-0.2, 0) is 0 Å². The molecule has 0 atom stereocenters. The van der Waals surface area contributed by atoms with Crippen LogP contribution >= 0.6 is 11.8 Å². The quantitative estimate of drug-likeness (QED) is 0.745. The van der Waals surface area contributed by atoms with Crippen molar-refractivity contribution in [2.24, 2.45) is 4.99 Å². The number of amides is 1. The van der Waals surface area contributed by atoms with Gasteiger partial charge in [-0.1, -0.05) is 48.2 Å². The molecule has 5 heteroatoms. The molecule has 1 N–H and O–H groups in total. The number of benzene rings is 2. The molecule has 1 aromatic heterocycles. The molecule has 0 saturated carbocycles. The third-order valence-corrected chi connectivity index (χ3v) is 4.73. The molecule has 3 aromatic rings. The molecule has 0 bridgehead atoms. The van der Waals surface area contributed by atoms with Crippen molar-refractivity contribution in [3.05, 3.63) is 47.7 Å². The minimum absolute atomic E-state index is 0.231. The zero-order valence-electron chi connectivity index (χ0n) is 12.1. The van der Waals surface area contributed by atoms with E-state index >= 15 is 0 Å². The third-order valence-electron chi connectivity index (χ3n) is 3.84. The second-order valence-corrected chi connectivity index (χ2v) is 6.29. The van der Waals surface area contributed by atoms with Crippen molar-refractivity contribution in [2.45, 2.75) is 6.92 Å². The number of furan rings is 1. The summed E-state index contributed by atoms with van der Waals surface area (Å²) in [6.45, 7) is 2.67. The first-order chi connectivity index (χ1) is 10.7. The van der Waals surface area contributed by atoms with E-state index in [1.165, 1.54) is 0 Å². The Bertz CT molecular complexity index is 927. The number of nitrogens with one attached hydrogen (secondary N) is 1. The molecule has 0 unspecified atom stereocenters. The third kappa shape index (κ3) is 2.09. The van der Waals surface area contributed by atoms with Crippen molar-refractivity contribution in [1.82, 2.24) is 5.32 Å². The van der Waals surface area contributed by atoms with E-state index in [0.717, 1.165) is 39.6 Å². The molecule has 0 fully saturated rings. The van der Waals surface area contributed by atoms with E-state index in [1.54, 1.807) is 11.8 Å². The Labute approximate surface area is 131 Å². The second kappa shape index (κ2) is 5.18. The number of rotatable bonds is 1. The molecule has 1 aliphatic rings. The van der Waals surface area contributed by atoms with Crippen LogP contribution in [0.2, 0.25) is 0 Å². The number of carbonyl (C=O) groups excluding carboxylic acids is 1. The summed E-state index contributed by atoms with van der Waals surface area (Å²) in [4.78, 5) is 16.7. The van der Waals surface area contributed by atoms with Gasteiger partial charge in [-0.3, -0.25) is 15.1 Å². The van der Waals surface area contributed by atoms with Crippen LogP contribution in [0, 0.1) is 6.92 Å². The van der Waals surface area contributed by atoms with Gasteiger partial charge in [0.25, 0.3) is 5.91 Å². The summed E-state index contributed by atoms with van der Waals surface area (Å²) in [5.41, 5.74) is 1.63. The van der Waals surface area contributed by atoms with Gasteiger partial charge in [0.05, 0.1) is 6.54 Å². The van der Waals surface area contributed by atoms with E-state index in [1.807, 2.05) is 37.3 Å². The van der Waals surface area contributed by atoms with E-state index in [-0.39, 0.29) is 5.91 Å². The van der Waals surface area contributed by atoms with Gasteiger partial charge in [0.2, 0.25) is 0 Å². The Kier molecular flexibility index (Phi) is 3.15. The van der Waals surface area contributed by atoms with Crippen molar-refractivity contribution < 1.29 is 9.21 Å². The minimum Gasteiger partial charge on any atom is -0.450 e. The van der Waals surface area contributed by atoms with E-state index in [0.29, 0.717) is 10.9 Å². The zero-order chi connectivity index (χ0) is 15.1. The van der Waals surface area contributed by atoms with Gasteiger partial charge in [-0.05, 0) is 12.3 Å². The monoisotopic (exact) mass is 310 g/mol. The van der Waals surface area contributed by atoms with Crippen molar-refractivity contribution >= 4 is 44.6 Å². The van der Waals surface area contributed by atoms with Gasteiger partial charge < -0.3 is 4.42 Å². The van der Waals surface area contributed by atoms with Crippen molar-refractivity contribution in [2.75, 3.05) is 12.3 Å². The zero-order valence-corrected chi connectivity index (χ0v) is 12.9. The van der Waals surface area contributed by atoms with Gasteiger partial charge in [-0.15, -0.1) is 0 Å². The average molecular weight is 310 g/mol. The number of fused-ring (bicyclic) bond motifs is 3. The smallest absolute Gasteiger partial charge is 0.293 e. The number of aryl methyl sites for hydroxylation is 1. The van der Waals surface area contributed by atoms with Gasteiger partial charge in [-0.25, -0.2) is 0 Å². The summed E-state index contributed by atoms with van der Waals surface area (Å²) in [7, 11) is 0. The highest BCUT2D eigenvalue weighted by Crippen LogP contribution is 2.31.